The van der Waals surface area contributed by atoms with Gasteiger partial charge in [0.05, 0.1) is 0 Å². The van der Waals surface area contributed by atoms with Gasteiger partial charge in [0.25, 0.3) is 0 Å². The van der Waals surface area contributed by atoms with Gasteiger partial charge in [-0.2, -0.15) is 4.98 Å². The molecule has 6 rings (SSSR count). The number of nitrogens with zero attached hydrogens (tertiary/aromatic N) is 3. The lowest BCUT2D eigenvalue weighted by molar-refractivity contribution is -0.118. The number of anilines is 1. The lowest BCUT2D eigenvalue weighted by atomic mass is 9.73. The standard InChI is InChI=1S/C32H30BrClN4O2S/c1-19-8-10-20(11-9-19)17-40-27-13-12-22(33)14-23(27)29-28-25(15-32(2,3)16-26(28)39)35-30-36-31(37-38(29)30)41-18-21-6-4-5-7-24(21)34/h4-14,29H,15-18H2,1-3H3,(H,35,36,37). The van der Waals surface area contributed by atoms with E-state index in [1.54, 1.807) is 0 Å². The van der Waals surface area contributed by atoms with Crippen molar-refractivity contribution in [3.05, 3.63) is 110 Å². The lowest BCUT2D eigenvalue weighted by Gasteiger charge is -2.38. The van der Waals surface area contributed by atoms with Crippen LogP contribution in [0.25, 0.3) is 0 Å². The smallest absolute Gasteiger partial charge is 0.227 e. The minimum absolute atomic E-state index is 0.115. The first-order valence-electron chi connectivity index (χ1n) is 13.5. The Hall–Kier alpha value is -3.07. The van der Waals surface area contributed by atoms with Crippen molar-refractivity contribution in [2.75, 3.05) is 5.32 Å². The second-order valence-electron chi connectivity index (χ2n) is 11.4. The Morgan fingerprint density at radius 1 is 1.12 bits per heavy atom. The third kappa shape index (κ3) is 5.96. The van der Waals surface area contributed by atoms with Gasteiger partial charge in [0.2, 0.25) is 11.1 Å². The van der Waals surface area contributed by atoms with Crippen LogP contribution >= 0.6 is 39.3 Å². The molecule has 1 aliphatic carbocycles. The highest BCUT2D eigenvalue weighted by molar-refractivity contribution is 9.10. The van der Waals surface area contributed by atoms with Crippen LogP contribution < -0.4 is 10.1 Å². The van der Waals surface area contributed by atoms with Gasteiger partial charge in [0, 0.05) is 38.5 Å². The number of carbonyl (C=O) groups is 1. The highest BCUT2D eigenvalue weighted by Gasteiger charge is 2.42. The maximum absolute atomic E-state index is 13.8. The third-order valence-corrected chi connectivity index (χ3v) is 9.16. The van der Waals surface area contributed by atoms with Crippen molar-refractivity contribution < 1.29 is 9.53 Å². The Morgan fingerprint density at radius 2 is 1.90 bits per heavy atom. The number of ether oxygens (including phenoxy) is 1. The first-order chi connectivity index (χ1) is 19.7. The first kappa shape index (κ1) is 28.1. The van der Waals surface area contributed by atoms with E-state index in [2.05, 4.69) is 66.3 Å². The number of ketones is 1. The number of aryl methyl sites for hydroxylation is 1. The first-order valence-corrected chi connectivity index (χ1v) is 15.7. The Bertz CT molecular complexity index is 1660. The molecule has 1 atom stereocenters. The van der Waals surface area contributed by atoms with E-state index >= 15 is 0 Å². The van der Waals surface area contributed by atoms with Gasteiger partial charge in [-0.1, -0.05) is 101 Å². The number of hydrogen-bond acceptors (Lipinski definition) is 6. The summed E-state index contributed by atoms with van der Waals surface area (Å²) in [6.07, 6.45) is 1.21. The fraction of sp³-hybridized carbons (Fsp3) is 0.281. The predicted molar refractivity (Wildman–Crippen MR) is 167 cm³/mol. The Balaban J connectivity index is 1.40. The van der Waals surface area contributed by atoms with Crippen molar-refractivity contribution in [2.24, 2.45) is 5.41 Å². The van der Waals surface area contributed by atoms with Crippen LogP contribution in [0, 0.1) is 12.3 Å². The molecule has 2 heterocycles. The van der Waals surface area contributed by atoms with E-state index in [0.29, 0.717) is 35.6 Å². The van der Waals surface area contributed by atoms with E-state index in [1.165, 1.54) is 17.3 Å². The molecular weight excluding hydrogens is 620 g/mol. The number of Topliss-reactive ketones (excluding diaryl/α,β-unsaturated/α-hetero) is 1. The van der Waals surface area contributed by atoms with Crippen LogP contribution in [0.1, 0.15) is 55.0 Å². The van der Waals surface area contributed by atoms with Crippen molar-refractivity contribution in [3.63, 3.8) is 0 Å². The summed E-state index contributed by atoms with van der Waals surface area (Å²) in [7, 11) is 0. The number of benzene rings is 3. The summed E-state index contributed by atoms with van der Waals surface area (Å²) >= 11 is 11.6. The average Bonchev–Trinajstić information content (AvgIpc) is 3.33. The summed E-state index contributed by atoms with van der Waals surface area (Å²) in [5.74, 6) is 2.07. The predicted octanol–water partition coefficient (Wildman–Crippen LogP) is 8.53. The zero-order chi connectivity index (χ0) is 28.7. The number of thioether (sulfide) groups is 1. The highest BCUT2D eigenvalue weighted by atomic mass is 79.9. The molecule has 0 amide bonds. The van der Waals surface area contributed by atoms with Gasteiger partial charge in [-0.05, 0) is 54.2 Å². The number of halogens is 2. The number of allylic oxidation sites excluding steroid dienone is 2. The van der Waals surface area contributed by atoms with Crippen LogP contribution in [-0.2, 0) is 17.2 Å². The van der Waals surface area contributed by atoms with Crippen molar-refractivity contribution in [1.82, 2.24) is 14.8 Å². The Kier molecular flexibility index (Phi) is 7.74. The van der Waals surface area contributed by atoms with E-state index in [0.717, 1.165) is 43.9 Å². The average molecular weight is 650 g/mol. The lowest BCUT2D eigenvalue weighted by Crippen LogP contribution is -2.36. The molecule has 6 nitrogen and oxygen atoms in total. The van der Waals surface area contributed by atoms with Crippen LogP contribution in [-0.4, -0.2) is 20.5 Å². The molecule has 210 valence electrons. The molecule has 0 saturated carbocycles. The number of rotatable bonds is 7. The van der Waals surface area contributed by atoms with Crippen LogP contribution in [0.2, 0.25) is 5.02 Å². The minimum atomic E-state index is -0.475. The zero-order valence-electron chi connectivity index (χ0n) is 23.1. The molecule has 1 N–H and O–H groups in total. The number of carbonyl (C=O) groups excluding carboxylic acids is 1. The zero-order valence-corrected chi connectivity index (χ0v) is 26.2. The molecule has 1 aromatic heterocycles. The molecule has 0 radical (unpaired) electrons. The third-order valence-electron chi connectivity index (χ3n) is 7.41. The molecule has 41 heavy (non-hydrogen) atoms. The van der Waals surface area contributed by atoms with E-state index in [1.807, 2.05) is 47.1 Å². The molecule has 3 aromatic carbocycles. The van der Waals surface area contributed by atoms with Gasteiger partial charge in [-0.3, -0.25) is 4.79 Å². The van der Waals surface area contributed by atoms with Crippen molar-refractivity contribution in [2.45, 2.75) is 57.2 Å². The number of aromatic nitrogens is 3. The molecule has 0 bridgehead atoms. The largest absolute Gasteiger partial charge is 0.489 e. The van der Waals surface area contributed by atoms with Crippen molar-refractivity contribution >= 4 is 51.0 Å². The molecule has 1 unspecified atom stereocenters. The summed E-state index contributed by atoms with van der Waals surface area (Å²) in [4.78, 5) is 18.6. The SMILES string of the molecule is Cc1ccc(COc2ccc(Br)cc2C2C3=C(CC(C)(C)CC3=O)Nc3nc(SCc4ccccc4Cl)nn32)cc1. The fourth-order valence-corrected chi connectivity index (χ4v) is 6.90. The number of fused-ring (bicyclic) bond motifs is 1. The number of hydrogen-bond donors (Lipinski definition) is 1. The molecule has 4 aromatic rings. The second kappa shape index (κ2) is 11.3. The highest BCUT2D eigenvalue weighted by Crippen LogP contribution is 2.48. The molecule has 2 aliphatic rings. The van der Waals surface area contributed by atoms with Gasteiger partial charge < -0.3 is 10.1 Å². The summed E-state index contributed by atoms with van der Waals surface area (Å²) in [5.41, 5.74) is 5.63. The van der Waals surface area contributed by atoms with Gasteiger partial charge in [-0.15, -0.1) is 5.10 Å². The van der Waals surface area contributed by atoms with Gasteiger partial charge in [-0.25, -0.2) is 4.68 Å². The Morgan fingerprint density at radius 3 is 2.68 bits per heavy atom. The second-order valence-corrected chi connectivity index (χ2v) is 13.6. The van der Waals surface area contributed by atoms with E-state index in [9.17, 15) is 4.79 Å². The van der Waals surface area contributed by atoms with E-state index in [-0.39, 0.29) is 11.2 Å². The van der Waals surface area contributed by atoms with Crippen LogP contribution in [0.3, 0.4) is 0 Å². The Labute approximate surface area is 257 Å². The quantitative estimate of drug-likeness (QED) is 0.203. The summed E-state index contributed by atoms with van der Waals surface area (Å²) in [6.45, 7) is 6.74. The number of nitrogens with one attached hydrogen (secondary N) is 1. The fourth-order valence-electron chi connectivity index (χ4n) is 5.41. The maximum atomic E-state index is 13.8. The van der Waals surface area contributed by atoms with Crippen LogP contribution in [0.15, 0.2) is 87.6 Å². The monoisotopic (exact) mass is 648 g/mol. The minimum Gasteiger partial charge on any atom is -0.489 e. The van der Waals surface area contributed by atoms with Crippen LogP contribution in [0.4, 0.5) is 5.95 Å². The summed E-state index contributed by atoms with van der Waals surface area (Å²) < 4.78 is 9.15. The molecule has 0 fully saturated rings. The molecule has 9 heteroatoms. The van der Waals surface area contributed by atoms with Crippen molar-refractivity contribution in [1.29, 1.82) is 0 Å². The van der Waals surface area contributed by atoms with Crippen molar-refractivity contribution in [3.8, 4) is 5.75 Å². The maximum Gasteiger partial charge on any atom is 0.227 e. The van der Waals surface area contributed by atoms with Crippen LogP contribution in [0.5, 0.6) is 5.75 Å². The van der Waals surface area contributed by atoms with E-state index < -0.39 is 6.04 Å². The molecule has 0 spiro atoms. The molecule has 0 saturated heterocycles. The molecular formula is C32H30BrClN4O2S. The molecule has 1 aliphatic heterocycles. The van der Waals surface area contributed by atoms with E-state index in [4.69, 9.17) is 26.4 Å². The summed E-state index contributed by atoms with van der Waals surface area (Å²) in [5, 5.41) is 9.72. The topological polar surface area (TPSA) is 69.0 Å². The van der Waals surface area contributed by atoms with Gasteiger partial charge in [0.15, 0.2) is 5.78 Å². The normalized spacial score (nSPS) is 17.6. The summed E-state index contributed by atoms with van der Waals surface area (Å²) in [6, 6.07) is 21.6. The van der Waals surface area contributed by atoms with Gasteiger partial charge in [0.1, 0.15) is 18.4 Å². The van der Waals surface area contributed by atoms with Gasteiger partial charge >= 0.3 is 0 Å².